The SMILES string of the molecule is COc1ccc(-c2c(OC)ccc3c2Cc2sc(N)nc2-3)cc1OC. The lowest BCUT2D eigenvalue weighted by atomic mass is 9.95. The van der Waals surface area contributed by atoms with Gasteiger partial charge in [0.1, 0.15) is 5.75 Å². The van der Waals surface area contributed by atoms with E-state index in [2.05, 4.69) is 11.1 Å². The van der Waals surface area contributed by atoms with Gasteiger partial charge in [0, 0.05) is 22.4 Å². The third kappa shape index (κ3) is 2.41. The zero-order chi connectivity index (χ0) is 17.6. The van der Waals surface area contributed by atoms with E-state index >= 15 is 0 Å². The van der Waals surface area contributed by atoms with E-state index < -0.39 is 0 Å². The van der Waals surface area contributed by atoms with Gasteiger partial charge in [-0.25, -0.2) is 4.98 Å². The van der Waals surface area contributed by atoms with Gasteiger partial charge in [0.2, 0.25) is 0 Å². The number of rotatable bonds is 4. The number of hydrogen-bond acceptors (Lipinski definition) is 6. The van der Waals surface area contributed by atoms with Crippen molar-refractivity contribution < 1.29 is 14.2 Å². The van der Waals surface area contributed by atoms with Gasteiger partial charge in [0.15, 0.2) is 16.6 Å². The molecule has 0 unspecified atom stereocenters. The summed E-state index contributed by atoms with van der Waals surface area (Å²) in [6.07, 6.45) is 0.806. The van der Waals surface area contributed by atoms with E-state index in [1.807, 2.05) is 24.3 Å². The van der Waals surface area contributed by atoms with Gasteiger partial charge in [-0.2, -0.15) is 0 Å². The number of fused-ring (bicyclic) bond motifs is 3. The lowest BCUT2D eigenvalue weighted by Crippen LogP contribution is -1.96. The van der Waals surface area contributed by atoms with E-state index in [0.717, 1.165) is 34.6 Å². The fourth-order valence-electron chi connectivity index (χ4n) is 3.37. The topological polar surface area (TPSA) is 66.6 Å². The van der Waals surface area contributed by atoms with Gasteiger partial charge < -0.3 is 19.9 Å². The van der Waals surface area contributed by atoms with Crippen LogP contribution in [0.1, 0.15) is 10.4 Å². The van der Waals surface area contributed by atoms with E-state index in [1.165, 1.54) is 10.4 Å². The number of nitrogens with zero attached hydrogens (tertiary/aromatic N) is 1. The number of hydrogen-bond donors (Lipinski definition) is 1. The summed E-state index contributed by atoms with van der Waals surface area (Å²) < 4.78 is 16.5. The van der Waals surface area contributed by atoms with Crippen LogP contribution in [-0.4, -0.2) is 26.3 Å². The van der Waals surface area contributed by atoms with Crippen LogP contribution in [0.5, 0.6) is 17.2 Å². The first-order chi connectivity index (χ1) is 12.2. The number of methoxy groups -OCH3 is 3. The Balaban J connectivity index is 1.92. The van der Waals surface area contributed by atoms with Gasteiger partial charge in [-0.05, 0) is 35.4 Å². The fourth-order valence-corrected chi connectivity index (χ4v) is 4.23. The van der Waals surface area contributed by atoms with Gasteiger partial charge in [-0.3, -0.25) is 0 Å². The average Bonchev–Trinajstić information content (AvgIpc) is 3.15. The van der Waals surface area contributed by atoms with E-state index in [9.17, 15) is 0 Å². The molecule has 0 saturated carbocycles. The zero-order valence-corrected chi connectivity index (χ0v) is 15.1. The molecule has 0 aliphatic heterocycles. The first-order valence-electron chi connectivity index (χ1n) is 7.84. The monoisotopic (exact) mass is 354 g/mol. The number of nitrogen functional groups attached to an aromatic ring is 1. The number of ether oxygens (including phenoxy) is 3. The van der Waals surface area contributed by atoms with Crippen molar-refractivity contribution in [2.45, 2.75) is 6.42 Å². The summed E-state index contributed by atoms with van der Waals surface area (Å²) in [5.41, 5.74) is 11.3. The van der Waals surface area contributed by atoms with Crippen LogP contribution in [0.25, 0.3) is 22.4 Å². The Kier molecular flexibility index (Phi) is 3.77. The molecule has 2 aromatic carbocycles. The van der Waals surface area contributed by atoms with E-state index in [4.69, 9.17) is 19.9 Å². The van der Waals surface area contributed by atoms with Crippen LogP contribution < -0.4 is 19.9 Å². The van der Waals surface area contributed by atoms with E-state index in [1.54, 1.807) is 32.7 Å². The summed E-state index contributed by atoms with van der Waals surface area (Å²) in [5, 5.41) is 0.610. The average molecular weight is 354 g/mol. The smallest absolute Gasteiger partial charge is 0.180 e. The van der Waals surface area contributed by atoms with Crippen molar-refractivity contribution in [3.05, 3.63) is 40.8 Å². The Morgan fingerprint density at radius 2 is 1.68 bits per heavy atom. The molecule has 1 aromatic heterocycles. The van der Waals surface area contributed by atoms with Crippen LogP contribution in [0.2, 0.25) is 0 Å². The molecule has 1 aliphatic rings. The highest BCUT2D eigenvalue weighted by Gasteiger charge is 2.28. The van der Waals surface area contributed by atoms with Gasteiger partial charge >= 0.3 is 0 Å². The normalized spacial score (nSPS) is 11.8. The number of benzene rings is 2. The zero-order valence-electron chi connectivity index (χ0n) is 14.3. The molecule has 0 spiro atoms. The van der Waals surface area contributed by atoms with Crippen LogP contribution in [0.3, 0.4) is 0 Å². The largest absolute Gasteiger partial charge is 0.496 e. The van der Waals surface area contributed by atoms with Crippen LogP contribution in [0.15, 0.2) is 30.3 Å². The van der Waals surface area contributed by atoms with Crippen molar-refractivity contribution in [2.24, 2.45) is 0 Å². The summed E-state index contributed by atoms with van der Waals surface area (Å²) >= 11 is 1.55. The Morgan fingerprint density at radius 1 is 0.960 bits per heavy atom. The quantitative estimate of drug-likeness (QED) is 0.600. The van der Waals surface area contributed by atoms with Crippen LogP contribution in [0, 0.1) is 0 Å². The van der Waals surface area contributed by atoms with Crippen molar-refractivity contribution in [3.63, 3.8) is 0 Å². The minimum Gasteiger partial charge on any atom is -0.496 e. The predicted molar refractivity (Wildman–Crippen MR) is 99.9 cm³/mol. The Hall–Kier alpha value is -2.73. The molecular formula is C19H18N2O3S. The van der Waals surface area contributed by atoms with Crippen molar-refractivity contribution >= 4 is 16.5 Å². The van der Waals surface area contributed by atoms with Gasteiger partial charge in [-0.15, -0.1) is 11.3 Å². The number of thiazole rings is 1. The second-order valence-electron chi connectivity index (χ2n) is 5.74. The molecular weight excluding hydrogens is 336 g/mol. The van der Waals surface area contributed by atoms with Crippen molar-refractivity contribution in [1.29, 1.82) is 0 Å². The van der Waals surface area contributed by atoms with Crippen molar-refractivity contribution in [2.75, 3.05) is 27.1 Å². The Morgan fingerprint density at radius 3 is 2.40 bits per heavy atom. The molecule has 0 atom stereocenters. The summed E-state index contributed by atoms with van der Waals surface area (Å²) in [7, 11) is 4.96. The molecule has 25 heavy (non-hydrogen) atoms. The lowest BCUT2D eigenvalue weighted by molar-refractivity contribution is 0.355. The third-order valence-electron chi connectivity index (χ3n) is 4.47. The molecule has 1 aliphatic carbocycles. The van der Waals surface area contributed by atoms with Gasteiger partial charge in [0.25, 0.3) is 0 Å². The molecule has 0 amide bonds. The minimum absolute atomic E-state index is 0.610. The molecule has 0 radical (unpaired) electrons. The Bertz CT molecular complexity index is 966. The van der Waals surface area contributed by atoms with Gasteiger partial charge in [0.05, 0.1) is 27.0 Å². The molecule has 6 heteroatoms. The van der Waals surface area contributed by atoms with Crippen molar-refractivity contribution in [1.82, 2.24) is 4.98 Å². The predicted octanol–water partition coefficient (Wildman–Crippen LogP) is 3.99. The standard InChI is InChI=1S/C19H18N2O3S/c1-22-13-6-4-10(8-15(13)24-3)17-12-9-16-18(21-19(20)25-16)11(12)5-7-14(17)23-2/h4-8H,9H2,1-3H3,(H2,20,21). The second kappa shape index (κ2) is 5.97. The number of anilines is 1. The summed E-state index contributed by atoms with van der Waals surface area (Å²) in [6, 6.07) is 9.95. The maximum absolute atomic E-state index is 5.87. The molecule has 3 aromatic rings. The lowest BCUT2D eigenvalue weighted by Gasteiger charge is -2.16. The number of nitrogens with two attached hydrogens (primary N) is 1. The molecule has 128 valence electrons. The molecule has 4 rings (SSSR count). The summed E-state index contributed by atoms with van der Waals surface area (Å²) in [5.74, 6) is 2.22. The molecule has 0 bridgehead atoms. The molecule has 0 fully saturated rings. The summed E-state index contributed by atoms with van der Waals surface area (Å²) in [6.45, 7) is 0. The Labute approximate surface area is 150 Å². The highest BCUT2D eigenvalue weighted by molar-refractivity contribution is 7.15. The first-order valence-corrected chi connectivity index (χ1v) is 8.65. The number of aromatic nitrogens is 1. The third-order valence-corrected chi connectivity index (χ3v) is 5.36. The van der Waals surface area contributed by atoms with Crippen molar-refractivity contribution in [3.8, 4) is 39.6 Å². The van der Waals surface area contributed by atoms with Crippen LogP contribution in [-0.2, 0) is 6.42 Å². The molecule has 0 saturated heterocycles. The highest BCUT2D eigenvalue weighted by Crippen LogP contribution is 2.48. The molecule has 5 nitrogen and oxygen atoms in total. The van der Waals surface area contributed by atoms with E-state index in [0.29, 0.717) is 16.6 Å². The second-order valence-corrected chi connectivity index (χ2v) is 6.85. The maximum Gasteiger partial charge on any atom is 0.180 e. The highest BCUT2D eigenvalue weighted by atomic mass is 32.1. The molecule has 1 heterocycles. The molecule has 2 N–H and O–H groups in total. The van der Waals surface area contributed by atoms with Gasteiger partial charge in [-0.1, -0.05) is 6.07 Å². The minimum atomic E-state index is 0.610. The van der Waals surface area contributed by atoms with Crippen LogP contribution >= 0.6 is 11.3 Å². The van der Waals surface area contributed by atoms with E-state index in [-0.39, 0.29) is 0 Å². The van der Waals surface area contributed by atoms with Crippen LogP contribution in [0.4, 0.5) is 5.13 Å². The first kappa shape index (κ1) is 15.8. The summed E-state index contributed by atoms with van der Waals surface area (Å²) in [4.78, 5) is 5.69. The fraction of sp³-hybridized carbons (Fsp3) is 0.211. The maximum atomic E-state index is 5.87.